The Labute approximate surface area is 117 Å². The largest absolute Gasteiger partial charge is 0.493 e. The number of hydrogen-bond acceptors (Lipinski definition) is 6. The second-order valence-electron chi connectivity index (χ2n) is 4.39. The van der Waals surface area contributed by atoms with Crippen LogP contribution in [0.15, 0.2) is 12.1 Å². The Bertz CT molecular complexity index is 464. The zero-order valence-electron chi connectivity index (χ0n) is 11.9. The predicted molar refractivity (Wildman–Crippen MR) is 75.6 cm³/mol. The lowest BCUT2D eigenvalue weighted by Gasteiger charge is -2.16. The summed E-state index contributed by atoms with van der Waals surface area (Å²) in [7, 11) is 2.90. The molecule has 2 N–H and O–H groups in total. The van der Waals surface area contributed by atoms with Gasteiger partial charge in [0.25, 0.3) is 5.69 Å². The van der Waals surface area contributed by atoms with Gasteiger partial charge in [0.05, 0.1) is 25.2 Å². The molecule has 0 aliphatic carbocycles. The van der Waals surface area contributed by atoms with Crippen LogP contribution < -0.4 is 14.8 Å². The number of aliphatic hydroxyl groups is 1. The Morgan fingerprint density at radius 1 is 1.35 bits per heavy atom. The van der Waals surface area contributed by atoms with Gasteiger partial charge in [0.15, 0.2) is 11.5 Å². The highest BCUT2D eigenvalue weighted by Crippen LogP contribution is 2.37. The van der Waals surface area contributed by atoms with Crippen molar-refractivity contribution in [3.8, 4) is 11.5 Å². The normalized spacial score (nSPS) is 11.8. The molecule has 112 valence electrons. The number of benzene rings is 1. The molecule has 1 rings (SSSR count). The molecular formula is C13H20N2O5. The molecule has 7 heteroatoms. The summed E-state index contributed by atoms with van der Waals surface area (Å²) in [6.45, 7) is 2.00. The molecule has 1 atom stereocenters. The van der Waals surface area contributed by atoms with E-state index in [1.165, 1.54) is 20.3 Å². The molecule has 0 fully saturated rings. The van der Waals surface area contributed by atoms with Gasteiger partial charge < -0.3 is 19.9 Å². The van der Waals surface area contributed by atoms with Gasteiger partial charge in [-0.3, -0.25) is 10.1 Å². The molecule has 1 aromatic carbocycles. The average molecular weight is 284 g/mol. The van der Waals surface area contributed by atoms with E-state index in [1.807, 2.05) is 6.92 Å². The summed E-state index contributed by atoms with van der Waals surface area (Å²) in [4.78, 5) is 10.6. The van der Waals surface area contributed by atoms with Crippen LogP contribution in [-0.4, -0.2) is 36.9 Å². The van der Waals surface area contributed by atoms with Crippen molar-refractivity contribution in [3.63, 3.8) is 0 Å². The minimum absolute atomic E-state index is 0.000971. The molecule has 0 aromatic heterocycles. The van der Waals surface area contributed by atoms with Gasteiger partial charge >= 0.3 is 0 Å². The number of rotatable bonds is 8. The van der Waals surface area contributed by atoms with Gasteiger partial charge in [0, 0.05) is 18.7 Å². The maximum Gasteiger partial charge on any atom is 0.296 e. The van der Waals surface area contributed by atoms with Gasteiger partial charge in [0.2, 0.25) is 0 Å². The molecule has 0 radical (unpaired) electrons. The van der Waals surface area contributed by atoms with E-state index in [-0.39, 0.29) is 18.3 Å². The third-order valence-corrected chi connectivity index (χ3v) is 2.90. The maximum atomic E-state index is 11.1. The lowest BCUT2D eigenvalue weighted by Crippen LogP contribution is -2.16. The molecule has 0 aliphatic rings. The van der Waals surface area contributed by atoms with Crippen molar-refractivity contribution in [2.45, 2.75) is 25.8 Å². The molecule has 20 heavy (non-hydrogen) atoms. The van der Waals surface area contributed by atoms with Gasteiger partial charge in [-0.05, 0) is 19.8 Å². The van der Waals surface area contributed by atoms with Crippen LogP contribution in [0.5, 0.6) is 11.5 Å². The number of nitrogens with one attached hydrogen (secondary N) is 1. The first-order chi connectivity index (χ1) is 9.53. The van der Waals surface area contributed by atoms with E-state index < -0.39 is 4.92 Å². The van der Waals surface area contributed by atoms with Crippen molar-refractivity contribution in [1.29, 1.82) is 0 Å². The minimum atomic E-state index is -0.469. The Kier molecular flexibility index (Phi) is 6.05. The predicted octanol–water partition coefficient (Wildman–Crippen LogP) is 2.18. The van der Waals surface area contributed by atoms with Crippen LogP contribution >= 0.6 is 0 Å². The highest BCUT2D eigenvalue weighted by molar-refractivity contribution is 5.68. The maximum absolute atomic E-state index is 11.1. The first-order valence-electron chi connectivity index (χ1n) is 6.31. The Hall–Kier alpha value is -2.02. The lowest BCUT2D eigenvalue weighted by atomic mass is 10.1. The molecule has 0 amide bonds. The SMILES string of the molecule is COc1cc(NC(C)CCCO)c([N+](=O)[O-])cc1OC. The Morgan fingerprint density at radius 3 is 2.45 bits per heavy atom. The smallest absolute Gasteiger partial charge is 0.296 e. The number of methoxy groups -OCH3 is 2. The van der Waals surface area contributed by atoms with Crippen molar-refractivity contribution >= 4 is 11.4 Å². The van der Waals surface area contributed by atoms with Gasteiger partial charge in [-0.2, -0.15) is 0 Å². The van der Waals surface area contributed by atoms with Gasteiger partial charge in [0.1, 0.15) is 5.69 Å². The number of nitro benzene ring substituents is 1. The fourth-order valence-electron chi connectivity index (χ4n) is 1.87. The molecule has 0 aliphatic heterocycles. The summed E-state index contributed by atoms with van der Waals surface area (Å²) in [6.07, 6.45) is 1.34. The highest BCUT2D eigenvalue weighted by Gasteiger charge is 2.20. The Balaban J connectivity index is 3.06. The van der Waals surface area contributed by atoms with E-state index in [0.717, 1.165) is 0 Å². The third-order valence-electron chi connectivity index (χ3n) is 2.90. The number of nitro groups is 1. The first-order valence-corrected chi connectivity index (χ1v) is 6.31. The summed E-state index contributed by atoms with van der Waals surface area (Å²) in [6, 6.07) is 2.88. The minimum Gasteiger partial charge on any atom is -0.493 e. The summed E-state index contributed by atoms with van der Waals surface area (Å²) in [5, 5.41) is 23.0. The van der Waals surface area contributed by atoms with Gasteiger partial charge in [-0.25, -0.2) is 0 Å². The third kappa shape index (κ3) is 3.99. The topological polar surface area (TPSA) is 93.9 Å². The fourth-order valence-corrected chi connectivity index (χ4v) is 1.87. The molecule has 0 heterocycles. The van der Waals surface area contributed by atoms with E-state index in [0.29, 0.717) is 30.0 Å². The molecule has 0 bridgehead atoms. The van der Waals surface area contributed by atoms with Crippen LogP contribution in [0.2, 0.25) is 0 Å². The van der Waals surface area contributed by atoms with E-state index in [2.05, 4.69) is 5.32 Å². The lowest BCUT2D eigenvalue weighted by molar-refractivity contribution is -0.384. The second kappa shape index (κ2) is 7.54. The zero-order valence-corrected chi connectivity index (χ0v) is 11.9. The van der Waals surface area contributed by atoms with Crippen LogP contribution in [0.1, 0.15) is 19.8 Å². The van der Waals surface area contributed by atoms with E-state index >= 15 is 0 Å². The number of hydrogen-bond donors (Lipinski definition) is 2. The van der Waals surface area contributed by atoms with E-state index in [9.17, 15) is 10.1 Å². The molecule has 7 nitrogen and oxygen atoms in total. The molecule has 0 saturated heterocycles. The van der Waals surface area contributed by atoms with Crippen molar-refractivity contribution in [2.24, 2.45) is 0 Å². The molecule has 0 spiro atoms. The Morgan fingerprint density at radius 2 is 1.95 bits per heavy atom. The summed E-state index contributed by atoms with van der Waals surface area (Å²) in [5.41, 5.74) is 0.302. The van der Waals surface area contributed by atoms with Crippen LogP contribution in [0, 0.1) is 10.1 Å². The zero-order chi connectivity index (χ0) is 15.1. The number of aliphatic hydroxyl groups excluding tert-OH is 1. The van der Waals surface area contributed by atoms with Crippen molar-refractivity contribution in [1.82, 2.24) is 0 Å². The van der Waals surface area contributed by atoms with Crippen LogP contribution in [-0.2, 0) is 0 Å². The van der Waals surface area contributed by atoms with Crippen LogP contribution in [0.25, 0.3) is 0 Å². The van der Waals surface area contributed by atoms with Crippen LogP contribution in [0.3, 0.4) is 0 Å². The second-order valence-corrected chi connectivity index (χ2v) is 4.39. The highest BCUT2D eigenvalue weighted by atomic mass is 16.6. The summed E-state index contributed by atoms with van der Waals surface area (Å²) < 4.78 is 10.2. The fraction of sp³-hybridized carbons (Fsp3) is 0.538. The molecule has 1 aromatic rings. The molecule has 1 unspecified atom stereocenters. The standard InChI is InChI=1S/C13H20N2O5/c1-9(5-4-6-16)14-10-7-12(19-2)13(20-3)8-11(10)15(17)18/h7-9,14,16H,4-6H2,1-3H3. The van der Waals surface area contributed by atoms with Crippen LogP contribution in [0.4, 0.5) is 11.4 Å². The number of ether oxygens (including phenoxy) is 2. The monoisotopic (exact) mass is 284 g/mol. The van der Waals surface area contributed by atoms with Crippen molar-refractivity contribution < 1.29 is 19.5 Å². The quantitative estimate of drug-likeness (QED) is 0.561. The number of anilines is 1. The van der Waals surface area contributed by atoms with E-state index in [1.54, 1.807) is 6.07 Å². The summed E-state index contributed by atoms with van der Waals surface area (Å²) in [5.74, 6) is 0.739. The molecular weight excluding hydrogens is 264 g/mol. The molecule has 0 saturated carbocycles. The van der Waals surface area contributed by atoms with Gasteiger partial charge in [-0.1, -0.05) is 0 Å². The average Bonchev–Trinajstić information content (AvgIpc) is 2.44. The first kappa shape index (κ1) is 16.0. The van der Waals surface area contributed by atoms with Crippen molar-refractivity contribution in [2.75, 3.05) is 26.1 Å². The van der Waals surface area contributed by atoms with E-state index in [4.69, 9.17) is 14.6 Å². The summed E-state index contributed by atoms with van der Waals surface area (Å²) >= 11 is 0. The van der Waals surface area contributed by atoms with Gasteiger partial charge in [-0.15, -0.1) is 0 Å². The van der Waals surface area contributed by atoms with Crippen molar-refractivity contribution in [3.05, 3.63) is 22.2 Å². The number of nitrogens with zero attached hydrogens (tertiary/aromatic N) is 1.